The van der Waals surface area contributed by atoms with Crippen LogP contribution in [0.1, 0.15) is 38.5 Å². The van der Waals surface area contributed by atoms with E-state index in [0.29, 0.717) is 0 Å². The number of hydroxylamine groups is 2. The zero-order valence-electron chi connectivity index (χ0n) is 8.99. The molecule has 2 rings (SSSR count). The molecule has 1 aliphatic carbocycles. The van der Waals surface area contributed by atoms with E-state index in [1.165, 1.54) is 43.6 Å². The molecule has 0 aromatic rings. The van der Waals surface area contributed by atoms with Crippen LogP contribution >= 0.6 is 0 Å². The van der Waals surface area contributed by atoms with E-state index in [4.69, 9.17) is 0 Å². The van der Waals surface area contributed by atoms with Crippen molar-refractivity contribution in [1.29, 1.82) is 0 Å². The van der Waals surface area contributed by atoms with Crippen molar-refractivity contribution in [3.05, 3.63) is 0 Å². The van der Waals surface area contributed by atoms with E-state index < -0.39 is 0 Å². The van der Waals surface area contributed by atoms with Gasteiger partial charge in [-0.25, -0.2) is 0 Å². The lowest BCUT2D eigenvalue weighted by atomic mass is 10.1. The zero-order valence-corrected chi connectivity index (χ0v) is 8.99. The minimum Gasteiger partial charge on any atom is -0.314 e. The molecule has 0 bridgehead atoms. The third-order valence-electron chi connectivity index (χ3n) is 3.63. The van der Waals surface area contributed by atoms with Crippen molar-refractivity contribution in [2.75, 3.05) is 26.2 Å². The van der Waals surface area contributed by atoms with Crippen LogP contribution in [-0.4, -0.2) is 47.4 Å². The van der Waals surface area contributed by atoms with E-state index in [2.05, 4.69) is 4.90 Å². The lowest BCUT2D eigenvalue weighted by Crippen LogP contribution is -2.49. The van der Waals surface area contributed by atoms with Crippen LogP contribution in [0.3, 0.4) is 0 Å². The maximum Gasteiger partial charge on any atom is 0.0366 e. The van der Waals surface area contributed by atoms with Gasteiger partial charge in [0, 0.05) is 32.2 Å². The number of nitrogens with zero attached hydrogens (tertiary/aromatic N) is 2. The van der Waals surface area contributed by atoms with Crippen molar-refractivity contribution in [2.24, 2.45) is 0 Å². The van der Waals surface area contributed by atoms with Gasteiger partial charge < -0.3 is 5.21 Å². The monoisotopic (exact) mass is 198 g/mol. The lowest BCUT2D eigenvalue weighted by molar-refractivity contribution is -0.122. The fraction of sp³-hybridized carbons (Fsp3) is 1.00. The molecule has 3 nitrogen and oxygen atoms in total. The number of hydrogen-bond acceptors (Lipinski definition) is 3. The first-order valence-electron chi connectivity index (χ1n) is 6.04. The largest absolute Gasteiger partial charge is 0.314 e. The van der Waals surface area contributed by atoms with Gasteiger partial charge in [-0.2, -0.15) is 5.06 Å². The second-order valence-corrected chi connectivity index (χ2v) is 4.64. The van der Waals surface area contributed by atoms with Crippen LogP contribution in [0.2, 0.25) is 0 Å². The standard InChI is InChI=1S/C11H22N2O/c14-13-9-7-12(8-10-13)11-5-3-1-2-4-6-11/h11,14H,1-10H2. The van der Waals surface area contributed by atoms with Gasteiger partial charge in [0.2, 0.25) is 0 Å². The molecule has 0 radical (unpaired) electrons. The molecule has 0 unspecified atom stereocenters. The third-order valence-corrected chi connectivity index (χ3v) is 3.63. The fourth-order valence-electron chi connectivity index (χ4n) is 2.70. The Kier molecular flexibility index (Phi) is 3.79. The molecule has 2 aliphatic rings. The summed E-state index contributed by atoms with van der Waals surface area (Å²) in [6.45, 7) is 3.77. The molecule has 1 aliphatic heterocycles. The highest BCUT2D eigenvalue weighted by atomic mass is 16.5. The quantitative estimate of drug-likeness (QED) is 0.650. The normalized spacial score (nSPS) is 28.9. The molecular weight excluding hydrogens is 176 g/mol. The predicted molar refractivity (Wildman–Crippen MR) is 56.4 cm³/mol. The Labute approximate surface area is 86.6 Å². The minimum atomic E-state index is 0.811. The molecule has 0 spiro atoms. The summed E-state index contributed by atoms with van der Waals surface area (Å²) in [5.74, 6) is 0. The minimum absolute atomic E-state index is 0.811. The number of hydrogen-bond donors (Lipinski definition) is 1. The summed E-state index contributed by atoms with van der Waals surface area (Å²) in [4.78, 5) is 2.58. The van der Waals surface area contributed by atoms with Gasteiger partial charge in [0.15, 0.2) is 0 Å². The van der Waals surface area contributed by atoms with Gasteiger partial charge in [-0.05, 0) is 12.8 Å². The Bertz CT molecular complexity index is 159. The van der Waals surface area contributed by atoms with Gasteiger partial charge in [0.05, 0.1) is 0 Å². The number of piperazine rings is 1. The van der Waals surface area contributed by atoms with Crippen LogP contribution in [-0.2, 0) is 0 Å². The van der Waals surface area contributed by atoms with E-state index in [0.717, 1.165) is 32.2 Å². The highest BCUT2D eigenvalue weighted by Gasteiger charge is 2.23. The third kappa shape index (κ3) is 2.69. The molecule has 1 N–H and O–H groups in total. The van der Waals surface area contributed by atoms with E-state index in [1.54, 1.807) is 0 Å². The molecule has 1 saturated heterocycles. The SMILES string of the molecule is ON1CCN(C2CCCCCC2)CC1. The zero-order chi connectivity index (χ0) is 9.80. The summed E-state index contributed by atoms with van der Waals surface area (Å²) < 4.78 is 0. The van der Waals surface area contributed by atoms with Crippen LogP contribution < -0.4 is 0 Å². The molecule has 14 heavy (non-hydrogen) atoms. The molecule has 0 aromatic carbocycles. The highest BCUT2D eigenvalue weighted by Crippen LogP contribution is 2.22. The average molecular weight is 198 g/mol. The first kappa shape index (κ1) is 10.4. The molecule has 0 amide bonds. The van der Waals surface area contributed by atoms with Gasteiger partial charge in [-0.1, -0.05) is 25.7 Å². The predicted octanol–water partition coefficient (Wildman–Crippen LogP) is 1.72. The molecule has 0 atom stereocenters. The van der Waals surface area contributed by atoms with Gasteiger partial charge in [0.1, 0.15) is 0 Å². The molecular formula is C11H22N2O. The Morgan fingerprint density at radius 3 is 1.93 bits per heavy atom. The first-order chi connectivity index (χ1) is 6.86. The summed E-state index contributed by atoms with van der Waals surface area (Å²) in [6.07, 6.45) is 8.43. The first-order valence-corrected chi connectivity index (χ1v) is 6.04. The van der Waals surface area contributed by atoms with E-state index >= 15 is 0 Å². The Morgan fingerprint density at radius 2 is 1.36 bits per heavy atom. The summed E-state index contributed by atoms with van der Waals surface area (Å²) >= 11 is 0. The number of rotatable bonds is 1. The second kappa shape index (κ2) is 5.10. The van der Waals surface area contributed by atoms with E-state index in [9.17, 15) is 5.21 Å². The molecule has 1 heterocycles. The lowest BCUT2D eigenvalue weighted by Gasteiger charge is -2.36. The summed E-state index contributed by atoms with van der Waals surface area (Å²) in [5, 5.41) is 10.7. The average Bonchev–Trinajstić information content (AvgIpc) is 2.47. The Hall–Kier alpha value is -0.120. The maximum atomic E-state index is 9.29. The molecule has 1 saturated carbocycles. The van der Waals surface area contributed by atoms with Crippen LogP contribution in [0, 0.1) is 0 Å². The second-order valence-electron chi connectivity index (χ2n) is 4.64. The molecule has 82 valence electrons. The van der Waals surface area contributed by atoms with Crippen LogP contribution in [0.25, 0.3) is 0 Å². The molecule has 0 aromatic heterocycles. The van der Waals surface area contributed by atoms with E-state index in [1.807, 2.05) is 0 Å². The van der Waals surface area contributed by atoms with Crippen LogP contribution in [0.15, 0.2) is 0 Å². The van der Waals surface area contributed by atoms with Crippen molar-refractivity contribution in [2.45, 2.75) is 44.6 Å². The summed E-state index contributed by atoms with van der Waals surface area (Å²) in [6, 6.07) is 0.811. The molecule has 3 heteroatoms. The van der Waals surface area contributed by atoms with Crippen molar-refractivity contribution >= 4 is 0 Å². The van der Waals surface area contributed by atoms with Gasteiger partial charge in [-0.15, -0.1) is 0 Å². The fourth-order valence-corrected chi connectivity index (χ4v) is 2.70. The van der Waals surface area contributed by atoms with Gasteiger partial charge >= 0.3 is 0 Å². The van der Waals surface area contributed by atoms with Crippen molar-refractivity contribution in [3.63, 3.8) is 0 Å². The van der Waals surface area contributed by atoms with Gasteiger partial charge in [0.25, 0.3) is 0 Å². The van der Waals surface area contributed by atoms with Crippen molar-refractivity contribution in [3.8, 4) is 0 Å². The Balaban J connectivity index is 1.81. The summed E-state index contributed by atoms with van der Waals surface area (Å²) in [5.41, 5.74) is 0. The van der Waals surface area contributed by atoms with Crippen LogP contribution in [0.4, 0.5) is 0 Å². The van der Waals surface area contributed by atoms with Gasteiger partial charge in [-0.3, -0.25) is 4.90 Å². The smallest absolute Gasteiger partial charge is 0.0366 e. The maximum absolute atomic E-state index is 9.29. The van der Waals surface area contributed by atoms with E-state index in [-0.39, 0.29) is 0 Å². The summed E-state index contributed by atoms with van der Waals surface area (Å²) in [7, 11) is 0. The van der Waals surface area contributed by atoms with Crippen molar-refractivity contribution in [1.82, 2.24) is 9.96 Å². The van der Waals surface area contributed by atoms with Crippen molar-refractivity contribution < 1.29 is 5.21 Å². The highest BCUT2D eigenvalue weighted by molar-refractivity contribution is 4.78. The molecule has 2 fully saturated rings. The Morgan fingerprint density at radius 1 is 0.786 bits per heavy atom. The topological polar surface area (TPSA) is 26.7 Å². The van der Waals surface area contributed by atoms with Crippen LogP contribution in [0.5, 0.6) is 0 Å².